The summed E-state index contributed by atoms with van der Waals surface area (Å²) in [6.07, 6.45) is 2.04. The zero-order chi connectivity index (χ0) is 32.3. The monoisotopic (exact) mass is 622 g/mol. The van der Waals surface area contributed by atoms with Crippen LogP contribution in [0.4, 0.5) is 0 Å². The average Bonchev–Trinajstić information content (AvgIpc) is 3.52. The third kappa shape index (κ3) is 4.31. The molecule has 0 fully saturated rings. The van der Waals surface area contributed by atoms with Crippen molar-refractivity contribution in [2.45, 2.75) is 0 Å². The van der Waals surface area contributed by atoms with Gasteiger partial charge >= 0.3 is 0 Å². The van der Waals surface area contributed by atoms with Gasteiger partial charge in [-0.05, 0) is 79.3 Å². The number of nitrogens with zero attached hydrogens (tertiary/aromatic N) is 2. The van der Waals surface area contributed by atoms with Crippen LogP contribution in [0.25, 0.3) is 93.3 Å². The van der Waals surface area contributed by atoms with Crippen LogP contribution in [0, 0.1) is 0 Å². The Hall–Kier alpha value is -6.51. The summed E-state index contributed by atoms with van der Waals surface area (Å²) in [6.45, 7) is 0. The van der Waals surface area contributed by atoms with Crippen molar-refractivity contribution >= 4 is 54.1 Å². The van der Waals surface area contributed by atoms with Crippen LogP contribution in [0.2, 0.25) is 0 Å². The van der Waals surface area contributed by atoms with Crippen molar-refractivity contribution in [3.05, 3.63) is 182 Å². The lowest BCUT2D eigenvalue weighted by atomic mass is 9.87. The van der Waals surface area contributed by atoms with Gasteiger partial charge in [0.05, 0.1) is 16.7 Å². The molecule has 0 bridgehead atoms. The lowest BCUT2D eigenvalue weighted by Gasteiger charge is -2.17. The number of pyridine rings is 1. The third-order valence-electron chi connectivity index (χ3n) is 10.0. The number of aromatic nitrogens is 2. The highest BCUT2D eigenvalue weighted by Gasteiger charge is 2.18. The first-order valence-corrected chi connectivity index (χ1v) is 16.8. The Morgan fingerprint density at radius 2 is 0.959 bits per heavy atom. The van der Waals surface area contributed by atoms with Gasteiger partial charge in [-0.3, -0.25) is 4.98 Å². The van der Waals surface area contributed by atoms with Crippen LogP contribution in [0.5, 0.6) is 0 Å². The van der Waals surface area contributed by atoms with Crippen molar-refractivity contribution in [1.82, 2.24) is 9.55 Å². The molecular formula is C47H30N2. The normalized spacial score (nSPS) is 11.7. The molecule has 0 aliphatic heterocycles. The molecule has 2 heteroatoms. The first-order valence-electron chi connectivity index (χ1n) is 16.8. The summed E-state index contributed by atoms with van der Waals surface area (Å²) in [6, 6.07) is 63.4. The molecule has 2 aromatic heterocycles. The van der Waals surface area contributed by atoms with Crippen molar-refractivity contribution in [2.24, 2.45) is 0 Å². The van der Waals surface area contributed by atoms with Crippen molar-refractivity contribution < 1.29 is 0 Å². The molecule has 2 heterocycles. The summed E-state index contributed by atoms with van der Waals surface area (Å²) < 4.78 is 2.40. The van der Waals surface area contributed by atoms with E-state index >= 15 is 0 Å². The molecule has 0 aliphatic carbocycles. The Balaban J connectivity index is 1.16. The van der Waals surface area contributed by atoms with Crippen molar-refractivity contribution in [3.8, 4) is 39.2 Å². The van der Waals surface area contributed by atoms with Crippen LogP contribution in [-0.4, -0.2) is 9.55 Å². The molecule has 0 spiro atoms. The minimum atomic E-state index is 0.974. The Morgan fingerprint density at radius 1 is 0.367 bits per heavy atom. The van der Waals surface area contributed by atoms with Gasteiger partial charge < -0.3 is 4.57 Å². The van der Waals surface area contributed by atoms with Gasteiger partial charge in [-0.1, -0.05) is 146 Å². The lowest BCUT2D eigenvalue weighted by molar-refractivity contribution is 1.18. The molecule has 0 N–H and O–H groups in total. The maximum absolute atomic E-state index is 5.17. The van der Waals surface area contributed by atoms with E-state index in [1.807, 2.05) is 6.20 Å². The van der Waals surface area contributed by atoms with E-state index in [1.165, 1.54) is 70.8 Å². The summed E-state index contributed by atoms with van der Waals surface area (Å²) in [5, 5.41) is 9.96. The van der Waals surface area contributed by atoms with Gasteiger partial charge in [0.2, 0.25) is 0 Å². The van der Waals surface area contributed by atoms with E-state index in [9.17, 15) is 0 Å². The highest BCUT2D eigenvalue weighted by atomic mass is 15.0. The van der Waals surface area contributed by atoms with Crippen molar-refractivity contribution in [3.63, 3.8) is 0 Å². The van der Waals surface area contributed by atoms with Gasteiger partial charge in [-0.25, -0.2) is 0 Å². The minimum Gasteiger partial charge on any atom is -0.309 e. The first-order chi connectivity index (χ1) is 24.3. The van der Waals surface area contributed by atoms with E-state index in [2.05, 4.69) is 180 Å². The summed E-state index contributed by atoms with van der Waals surface area (Å²) >= 11 is 0. The molecule has 0 amide bonds. The van der Waals surface area contributed by atoms with Crippen LogP contribution in [0.3, 0.4) is 0 Å². The smallest absolute Gasteiger partial charge is 0.0714 e. The quantitative estimate of drug-likeness (QED) is 0.179. The van der Waals surface area contributed by atoms with Crippen LogP contribution >= 0.6 is 0 Å². The largest absolute Gasteiger partial charge is 0.309 e. The SMILES string of the molecule is c1ccc(-c2c3ccccc3c(-c3ccc(-c4ccc5c6c7ccccc7ccc6n(-c6ccccc6)c5c4)cn3)c3ccccc23)cc1. The third-order valence-corrected chi connectivity index (χ3v) is 10.0. The first kappa shape index (κ1) is 27.6. The van der Waals surface area contributed by atoms with Gasteiger partial charge in [0, 0.05) is 33.8 Å². The minimum absolute atomic E-state index is 0.974. The number of fused-ring (bicyclic) bond motifs is 7. The Kier molecular flexibility index (Phi) is 6.22. The van der Waals surface area contributed by atoms with Crippen LogP contribution in [-0.2, 0) is 0 Å². The number of hydrogen-bond acceptors (Lipinski definition) is 1. The van der Waals surface area contributed by atoms with Gasteiger partial charge in [-0.2, -0.15) is 0 Å². The summed E-state index contributed by atoms with van der Waals surface area (Å²) in [4.78, 5) is 5.17. The van der Waals surface area contributed by atoms with E-state index in [4.69, 9.17) is 4.98 Å². The molecule has 10 rings (SSSR count). The highest BCUT2D eigenvalue weighted by molar-refractivity contribution is 6.22. The second-order valence-corrected chi connectivity index (χ2v) is 12.7. The number of benzene rings is 8. The zero-order valence-corrected chi connectivity index (χ0v) is 26.7. The van der Waals surface area contributed by atoms with Crippen molar-refractivity contribution in [1.29, 1.82) is 0 Å². The number of rotatable bonds is 4. The molecule has 228 valence electrons. The molecule has 0 atom stereocenters. The topological polar surface area (TPSA) is 17.8 Å². The summed E-state index contributed by atoms with van der Waals surface area (Å²) in [5.41, 5.74) is 10.4. The van der Waals surface area contributed by atoms with Gasteiger partial charge in [-0.15, -0.1) is 0 Å². The van der Waals surface area contributed by atoms with Crippen LogP contribution < -0.4 is 0 Å². The summed E-state index contributed by atoms with van der Waals surface area (Å²) in [5.74, 6) is 0. The fourth-order valence-electron chi connectivity index (χ4n) is 7.85. The predicted octanol–water partition coefficient (Wildman–Crippen LogP) is 12.6. The molecule has 0 saturated heterocycles. The average molecular weight is 623 g/mol. The number of para-hydroxylation sites is 1. The molecule has 2 nitrogen and oxygen atoms in total. The maximum atomic E-state index is 5.17. The maximum Gasteiger partial charge on any atom is 0.0714 e. The second-order valence-electron chi connectivity index (χ2n) is 12.7. The van der Waals surface area contributed by atoms with Gasteiger partial charge in [0.25, 0.3) is 0 Å². The Morgan fingerprint density at radius 3 is 1.63 bits per heavy atom. The molecule has 0 aliphatic rings. The van der Waals surface area contributed by atoms with Crippen molar-refractivity contribution in [2.75, 3.05) is 0 Å². The Bertz CT molecular complexity index is 2790. The second kappa shape index (κ2) is 11.0. The fraction of sp³-hybridized carbons (Fsp3) is 0. The molecule has 8 aromatic carbocycles. The molecule has 0 unspecified atom stereocenters. The predicted molar refractivity (Wildman–Crippen MR) is 207 cm³/mol. The molecular weight excluding hydrogens is 593 g/mol. The molecule has 0 radical (unpaired) electrons. The molecule has 10 aromatic rings. The van der Waals surface area contributed by atoms with Crippen LogP contribution in [0.1, 0.15) is 0 Å². The van der Waals surface area contributed by atoms with E-state index in [0.29, 0.717) is 0 Å². The van der Waals surface area contributed by atoms with E-state index in [0.717, 1.165) is 22.5 Å². The van der Waals surface area contributed by atoms with E-state index < -0.39 is 0 Å². The fourth-order valence-corrected chi connectivity index (χ4v) is 7.85. The lowest BCUT2D eigenvalue weighted by Crippen LogP contribution is -1.94. The zero-order valence-electron chi connectivity index (χ0n) is 26.7. The number of hydrogen-bond donors (Lipinski definition) is 0. The Labute approximate surface area is 284 Å². The van der Waals surface area contributed by atoms with E-state index in [1.54, 1.807) is 0 Å². The van der Waals surface area contributed by atoms with Crippen LogP contribution in [0.15, 0.2) is 182 Å². The van der Waals surface area contributed by atoms with Gasteiger partial charge in [0.15, 0.2) is 0 Å². The summed E-state index contributed by atoms with van der Waals surface area (Å²) in [7, 11) is 0. The molecule has 49 heavy (non-hydrogen) atoms. The standard InChI is InChI=1S/C47H30N2/c1-3-14-32(15-4-1)45-37-19-9-11-21-39(37)46(40-22-12-10-20-38(40)45)42-27-24-34(30-48-42)33-23-26-41-44(29-33)49(35-16-5-2-6-17-35)43-28-25-31-13-7-8-18-36(31)47(41)43/h1-30H. The van der Waals surface area contributed by atoms with Gasteiger partial charge in [0.1, 0.15) is 0 Å². The highest BCUT2D eigenvalue weighted by Crippen LogP contribution is 2.44. The van der Waals surface area contributed by atoms with E-state index in [-0.39, 0.29) is 0 Å². The molecule has 0 saturated carbocycles.